The number of hydrogen-bond donors (Lipinski definition) is 1. The number of aryl methyl sites for hydroxylation is 2. The normalized spacial score (nSPS) is 10.3. The maximum Gasteiger partial charge on any atom is 0.321 e. The van der Waals surface area contributed by atoms with Crippen molar-refractivity contribution in [3.8, 4) is 11.8 Å². The summed E-state index contributed by atoms with van der Waals surface area (Å²) in [6, 6.07) is 3.62. The lowest BCUT2D eigenvalue weighted by atomic mass is 10.1. The molecule has 0 aliphatic rings. The molecule has 19 heavy (non-hydrogen) atoms. The Kier molecular flexibility index (Phi) is 3.80. The highest BCUT2D eigenvalue weighted by Crippen LogP contribution is 2.28. The highest BCUT2D eigenvalue weighted by Gasteiger charge is 2.11. The number of benzene rings is 1. The number of amides is 1. The first-order valence-corrected chi connectivity index (χ1v) is 6.33. The SMILES string of the molecule is Cc1cc(C(N)=O)cc(C)c1Oc1ncc(Br)cn1. The van der Waals surface area contributed by atoms with E-state index in [4.69, 9.17) is 10.5 Å². The maximum absolute atomic E-state index is 11.2. The number of nitrogens with two attached hydrogens (primary N) is 1. The van der Waals surface area contributed by atoms with Crippen LogP contribution < -0.4 is 10.5 Å². The van der Waals surface area contributed by atoms with Gasteiger partial charge in [-0.25, -0.2) is 9.97 Å². The van der Waals surface area contributed by atoms with Gasteiger partial charge in [0.25, 0.3) is 0 Å². The molecule has 2 N–H and O–H groups in total. The fourth-order valence-corrected chi connectivity index (χ4v) is 1.90. The second-order valence-corrected chi connectivity index (χ2v) is 5.01. The maximum atomic E-state index is 11.2. The first-order valence-electron chi connectivity index (χ1n) is 5.54. The molecule has 0 aliphatic heterocycles. The molecule has 0 radical (unpaired) electrons. The van der Waals surface area contributed by atoms with Crippen molar-refractivity contribution >= 4 is 21.8 Å². The third-order valence-corrected chi connectivity index (χ3v) is 2.94. The molecule has 98 valence electrons. The van der Waals surface area contributed by atoms with Crippen LogP contribution in [0.15, 0.2) is 29.0 Å². The van der Waals surface area contributed by atoms with Crippen LogP contribution in [-0.2, 0) is 0 Å². The van der Waals surface area contributed by atoms with E-state index in [1.54, 1.807) is 24.5 Å². The van der Waals surface area contributed by atoms with Gasteiger partial charge in [-0.2, -0.15) is 0 Å². The number of carbonyl (C=O) groups is 1. The number of aromatic nitrogens is 2. The van der Waals surface area contributed by atoms with Crippen molar-refractivity contribution in [2.24, 2.45) is 5.73 Å². The largest absolute Gasteiger partial charge is 0.424 e. The molecule has 1 amide bonds. The molecule has 0 spiro atoms. The fourth-order valence-electron chi connectivity index (χ4n) is 1.70. The predicted octanol–water partition coefficient (Wildman–Crippen LogP) is 2.75. The molecule has 0 saturated carbocycles. The summed E-state index contributed by atoms with van der Waals surface area (Å²) >= 11 is 3.25. The third-order valence-electron chi connectivity index (χ3n) is 2.53. The molecule has 1 aromatic carbocycles. The predicted molar refractivity (Wildman–Crippen MR) is 74.2 cm³/mol. The van der Waals surface area contributed by atoms with Crippen LogP contribution >= 0.6 is 15.9 Å². The van der Waals surface area contributed by atoms with Crippen molar-refractivity contribution in [1.82, 2.24) is 9.97 Å². The first-order chi connectivity index (χ1) is 8.97. The van der Waals surface area contributed by atoms with Crippen molar-refractivity contribution < 1.29 is 9.53 Å². The van der Waals surface area contributed by atoms with Gasteiger partial charge >= 0.3 is 6.01 Å². The molecular formula is C13H12BrN3O2. The average molecular weight is 322 g/mol. The van der Waals surface area contributed by atoms with Gasteiger partial charge in [-0.05, 0) is 53.0 Å². The Hall–Kier alpha value is -1.95. The number of halogens is 1. The fraction of sp³-hybridized carbons (Fsp3) is 0.154. The van der Waals surface area contributed by atoms with E-state index < -0.39 is 5.91 Å². The number of nitrogens with zero attached hydrogens (tertiary/aromatic N) is 2. The van der Waals surface area contributed by atoms with Crippen LogP contribution in [0.1, 0.15) is 21.5 Å². The van der Waals surface area contributed by atoms with Crippen LogP contribution in [0.5, 0.6) is 11.8 Å². The van der Waals surface area contributed by atoms with Crippen molar-refractivity contribution in [2.75, 3.05) is 0 Å². The van der Waals surface area contributed by atoms with Crippen molar-refractivity contribution in [3.05, 3.63) is 45.7 Å². The van der Waals surface area contributed by atoms with E-state index in [0.29, 0.717) is 11.3 Å². The average Bonchev–Trinajstić information content (AvgIpc) is 2.35. The number of carbonyl (C=O) groups excluding carboxylic acids is 1. The summed E-state index contributed by atoms with van der Waals surface area (Å²) in [6.45, 7) is 3.68. The lowest BCUT2D eigenvalue weighted by molar-refractivity contribution is 0.1000. The zero-order valence-electron chi connectivity index (χ0n) is 10.5. The summed E-state index contributed by atoms with van der Waals surface area (Å²) in [5, 5.41) is 0. The van der Waals surface area contributed by atoms with E-state index in [0.717, 1.165) is 15.6 Å². The minimum atomic E-state index is -0.461. The molecule has 2 rings (SSSR count). The van der Waals surface area contributed by atoms with Gasteiger partial charge in [-0.3, -0.25) is 4.79 Å². The summed E-state index contributed by atoms with van der Waals surface area (Å²) in [5.41, 5.74) is 7.33. The van der Waals surface area contributed by atoms with Gasteiger partial charge in [0.2, 0.25) is 5.91 Å². The highest BCUT2D eigenvalue weighted by molar-refractivity contribution is 9.10. The quantitative estimate of drug-likeness (QED) is 0.942. The first kappa shape index (κ1) is 13.5. The molecule has 2 aromatic rings. The van der Waals surface area contributed by atoms with Gasteiger partial charge in [0, 0.05) is 18.0 Å². The molecule has 0 aliphatic carbocycles. The minimum Gasteiger partial charge on any atom is -0.424 e. The molecular weight excluding hydrogens is 310 g/mol. The Bertz CT molecular complexity index is 603. The number of primary amides is 1. The van der Waals surface area contributed by atoms with Gasteiger partial charge < -0.3 is 10.5 Å². The Morgan fingerprint density at radius 2 is 1.74 bits per heavy atom. The standard InChI is InChI=1S/C13H12BrN3O2/c1-7-3-9(12(15)18)4-8(2)11(7)19-13-16-5-10(14)6-17-13/h3-6H,1-2H3,(H2,15,18). The van der Waals surface area contributed by atoms with Crippen LogP contribution in [0, 0.1) is 13.8 Å². The summed E-state index contributed by atoms with van der Waals surface area (Å²) in [5.74, 6) is 0.171. The van der Waals surface area contributed by atoms with Gasteiger partial charge in [-0.15, -0.1) is 0 Å². The van der Waals surface area contributed by atoms with Crippen LogP contribution in [-0.4, -0.2) is 15.9 Å². The molecule has 6 heteroatoms. The number of ether oxygens (including phenoxy) is 1. The molecule has 5 nitrogen and oxygen atoms in total. The van der Waals surface area contributed by atoms with E-state index in [1.807, 2.05) is 13.8 Å². The highest BCUT2D eigenvalue weighted by atomic mass is 79.9. The van der Waals surface area contributed by atoms with Gasteiger partial charge in [0.05, 0.1) is 4.47 Å². The summed E-state index contributed by atoms with van der Waals surface area (Å²) < 4.78 is 6.41. The summed E-state index contributed by atoms with van der Waals surface area (Å²) in [4.78, 5) is 19.2. The van der Waals surface area contributed by atoms with Crippen LogP contribution in [0.2, 0.25) is 0 Å². The monoisotopic (exact) mass is 321 g/mol. The van der Waals surface area contributed by atoms with Crippen molar-refractivity contribution in [1.29, 1.82) is 0 Å². The zero-order valence-corrected chi connectivity index (χ0v) is 12.1. The number of hydrogen-bond acceptors (Lipinski definition) is 4. The second-order valence-electron chi connectivity index (χ2n) is 4.09. The Labute approximate surface area is 119 Å². The van der Waals surface area contributed by atoms with Crippen LogP contribution in [0.3, 0.4) is 0 Å². The van der Waals surface area contributed by atoms with E-state index in [-0.39, 0.29) is 6.01 Å². The third kappa shape index (κ3) is 3.08. The molecule has 0 unspecified atom stereocenters. The molecule has 0 fully saturated rings. The zero-order chi connectivity index (χ0) is 14.0. The second kappa shape index (κ2) is 5.36. The smallest absolute Gasteiger partial charge is 0.321 e. The molecule has 0 bridgehead atoms. The topological polar surface area (TPSA) is 78.1 Å². The summed E-state index contributed by atoms with van der Waals surface area (Å²) in [6.07, 6.45) is 3.20. The van der Waals surface area contributed by atoms with Gasteiger partial charge in [0.15, 0.2) is 0 Å². The van der Waals surface area contributed by atoms with E-state index >= 15 is 0 Å². The lowest BCUT2D eigenvalue weighted by Gasteiger charge is -2.11. The number of rotatable bonds is 3. The molecule has 1 aromatic heterocycles. The Morgan fingerprint density at radius 1 is 1.21 bits per heavy atom. The lowest BCUT2D eigenvalue weighted by Crippen LogP contribution is -2.11. The van der Waals surface area contributed by atoms with Crippen LogP contribution in [0.25, 0.3) is 0 Å². The Balaban J connectivity index is 2.35. The Morgan fingerprint density at radius 3 is 2.21 bits per heavy atom. The van der Waals surface area contributed by atoms with Crippen molar-refractivity contribution in [3.63, 3.8) is 0 Å². The van der Waals surface area contributed by atoms with E-state index in [2.05, 4.69) is 25.9 Å². The van der Waals surface area contributed by atoms with E-state index in [9.17, 15) is 4.79 Å². The van der Waals surface area contributed by atoms with Crippen molar-refractivity contribution in [2.45, 2.75) is 13.8 Å². The minimum absolute atomic E-state index is 0.251. The van der Waals surface area contributed by atoms with Gasteiger partial charge in [0.1, 0.15) is 5.75 Å². The molecule has 1 heterocycles. The van der Waals surface area contributed by atoms with Gasteiger partial charge in [-0.1, -0.05) is 0 Å². The van der Waals surface area contributed by atoms with Crippen LogP contribution in [0.4, 0.5) is 0 Å². The molecule has 0 atom stereocenters. The molecule has 0 saturated heterocycles. The van der Waals surface area contributed by atoms with E-state index in [1.165, 1.54) is 0 Å². The summed E-state index contributed by atoms with van der Waals surface area (Å²) in [7, 11) is 0.